The Morgan fingerprint density at radius 3 is 2.69 bits per heavy atom. The summed E-state index contributed by atoms with van der Waals surface area (Å²) in [7, 11) is 0. The fraction of sp³-hybridized carbons (Fsp3) is 0.333. The van der Waals surface area contributed by atoms with Gasteiger partial charge in [0.25, 0.3) is 0 Å². The molecule has 1 saturated carbocycles. The largest absolute Gasteiger partial charge is 0.507 e. The minimum atomic E-state index is -0.291. The molecule has 1 aliphatic carbocycles. The van der Waals surface area contributed by atoms with Crippen LogP contribution in [0.25, 0.3) is 22.3 Å². The zero-order valence-corrected chi connectivity index (χ0v) is 14.8. The molecule has 4 rings (SSSR count). The highest BCUT2D eigenvalue weighted by Gasteiger charge is 2.26. The summed E-state index contributed by atoms with van der Waals surface area (Å²) >= 11 is 0. The molecule has 5 heteroatoms. The van der Waals surface area contributed by atoms with Crippen LogP contribution in [0, 0.1) is 11.7 Å². The Bertz CT molecular complexity index is 940. The highest BCUT2D eigenvalue weighted by molar-refractivity contribution is 5.91. The Morgan fingerprint density at radius 1 is 1.15 bits per heavy atom. The van der Waals surface area contributed by atoms with Gasteiger partial charge < -0.3 is 10.0 Å². The number of aromatic hydroxyl groups is 1. The molecule has 0 atom stereocenters. The van der Waals surface area contributed by atoms with E-state index < -0.39 is 0 Å². The molecule has 1 fully saturated rings. The van der Waals surface area contributed by atoms with Crippen LogP contribution in [0.1, 0.15) is 26.2 Å². The van der Waals surface area contributed by atoms with Crippen LogP contribution in [-0.4, -0.2) is 28.2 Å². The van der Waals surface area contributed by atoms with Crippen molar-refractivity contribution >= 4 is 16.7 Å². The molecule has 4 nitrogen and oxygen atoms in total. The molecule has 134 valence electrons. The first-order chi connectivity index (χ1) is 12.7. The van der Waals surface area contributed by atoms with Crippen LogP contribution in [0.2, 0.25) is 0 Å². The van der Waals surface area contributed by atoms with Gasteiger partial charge in [-0.2, -0.15) is 0 Å². The van der Waals surface area contributed by atoms with Crippen LogP contribution in [0.3, 0.4) is 0 Å². The van der Waals surface area contributed by atoms with Crippen molar-refractivity contribution < 1.29 is 9.50 Å². The molecule has 1 N–H and O–H groups in total. The third kappa shape index (κ3) is 3.34. The van der Waals surface area contributed by atoms with Gasteiger partial charge in [-0.25, -0.2) is 14.4 Å². The number of aromatic nitrogens is 2. The maximum atomic E-state index is 13.9. The molecule has 1 heterocycles. The molecule has 26 heavy (non-hydrogen) atoms. The number of phenols is 1. The maximum absolute atomic E-state index is 13.9. The Labute approximate surface area is 152 Å². The average molecular weight is 351 g/mol. The van der Waals surface area contributed by atoms with Crippen molar-refractivity contribution in [2.75, 3.05) is 18.0 Å². The zero-order chi connectivity index (χ0) is 18.1. The molecule has 0 aliphatic heterocycles. The number of halogens is 1. The van der Waals surface area contributed by atoms with Gasteiger partial charge in [0.05, 0.1) is 11.1 Å². The maximum Gasteiger partial charge on any atom is 0.165 e. The number of benzene rings is 2. The summed E-state index contributed by atoms with van der Waals surface area (Å²) in [4.78, 5) is 11.6. The molecule has 0 radical (unpaired) electrons. The van der Waals surface area contributed by atoms with E-state index in [1.165, 1.54) is 25.0 Å². The summed E-state index contributed by atoms with van der Waals surface area (Å²) in [6, 6.07) is 11.7. The zero-order valence-electron chi connectivity index (χ0n) is 14.8. The lowest BCUT2D eigenvalue weighted by molar-refractivity contribution is 0.477. The number of fused-ring (bicyclic) bond motifs is 1. The fourth-order valence-electron chi connectivity index (χ4n) is 3.27. The molecule has 0 amide bonds. The van der Waals surface area contributed by atoms with Crippen LogP contribution >= 0.6 is 0 Å². The van der Waals surface area contributed by atoms with Gasteiger partial charge >= 0.3 is 0 Å². The quantitative estimate of drug-likeness (QED) is 0.695. The molecule has 0 bridgehead atoms. The first-order valence-electron chi connectivity index (χ1n) is 9.16. The summed E-state index contributed by atoms with van der Waals surface area (Å²) in [6.07, 6.45) is 3.47. The van der Waals surface area contributed by atoms with Gasteiger partial charge in [-0.3, -0.25) is 0 Å². The number of para-hydroxylation sites is 1. The van der Waals surface area contributed by atoms with Crippen molar-refractivity contribution in [1.82, 2.24) is 9.97 Å². The van der Waals surface area contributed by atoms with E-state index in [1.54, 1.807) is 24.3 Å². The smallest absolute Gasteiger partial charge is 0.165 e. The number of nitrogens with zero attached hydrogens (tertiary/aromatic N) is 3. The van der Waals surface area contributed by atoms with E-state index in [0.717, 1.165) is 30.7 Å². The second-order valence-electron chi connectivity index (χ2n) is 6.94. The molecular formula is C21H22FN3O. The molecule has 1 aromatic heterocycles. The first kappa shape index (κ1) is 16.8. The van der Waals surface area contributed by atoms with E-state index in [4.69, 9.17) is 4.98 Å². The van der Waals surface area contributed by atoms with Gasteiger partial charge in [0.1, 0.15) is 17.4 Å². The van der Waals surface area contributed by atoms with Gasteiger partial charge in [0, 0.05) is 18.5 Å². The van der Waals surface area contributed by atoms with Gasteiger partial charge in [-0.1, -0.05) is 19.1 Å². The number of hydrogen-bond acceptors (Lipinski definition) is 4. The molecule has 1 aliphatic rings. The average Bonchev–Trinajstić information content (AvgIpc) is 3.45. The topological polar surface area (TPSA) is 49.2 Å². The first-order valence-corrected chi connectivity index (χ1v) is 9.16. The third-order valence-electron chi connectivity index (χ3n) is 4.75. The lowest BCUT2D eigenvalue weighted by Gasteiger charge is -2.25. The lowest BCUT2D eigenvalue weighted by atomic mass is 10.1. The standard InChI is InChI=1S/C21H22FN3O/c1-2-11-25(13-14-7-8-14)21-17-12-15(22)9-10-18(17)23-20(24-21)16-5-3-4-6-19(16)26/h3-6,9-10,12,14,26H,2,7-8,11,13H2,1H3. The number of anilines is 1. The van der Waals surface area contributed by atoms with E-state index in [0.29, 0.717) is 22.8 Å². The highest BCUT2D eigenvalue weighted by Crippen LogP contribution is 2.35. The number of phenolic OH excluding ortho intramolecular Hbond substituents is 1. The summed E-state index contributed by atoms with van der Waals surface area (Å²) in [5.41, 5.74) is 1.27. The summed E-state index contributed by atoms with van der Waals surface area (Å²) < 4.78 is 13.9. The van der Waals surface area contributed by atoms with Gasteiger partial charge in [-0.05, 0) is 55.5 Å². The Hall–Kier alpha value is -2.69. The minimum absolute atomic E-state index is 0.143. The third-order valence-corrected chi connectivity index (χ3v) is 4.75. The van der Waals surface area contributed by atoms with E-state index in [-0.39, 0.29) is 11.6 Å². The summed E-state index contributed by atoms with van der Waals surface area (Å²) in [6.45, 7) is 3.92. The second-order valence-corrected chi connectivity index (χ2v) is 6.94. The van der Waals surface area contributed by atoms with Crippen LogP contribution in [0.15, 0.2) is 42.5 Å². The van der Waals surface area contributed by atoms with Crippen LogP contribution in [0.5, 0.6) is 5.75 Å². The molecular weight excluding hydrogens is 329 g/mol. The lowest BCUT2D eigenvalue weighted by Crippen LogP contribution is -2.28. The molecule has 0 spiro atoms. The van der Waals surface area contributed by atoms with Crippen molar-refractivity contribution in [3.05, 3.63) is 48.3 Å². The van der Waals surface area contributed by atoms with Crippen molar-refractivity contribution in [3.8, 4) is 17.1 Å². The summed E-state index contributed by atoms with van der Waals surface area (Å²) in [5.74, 6) is 1.76. The summed E-state index contributed by atoms with van der Waals surface area (Å²) in [5, 5.41) is 10.9. The van der Waals surface area contributed by atoms with Gasteiger partial charge in [0.15, 0.2) is 5.82 Å². The Balaban J connectivity index is 1.90. The Morgan fingerprint density at radius 2 is 1.96 bits per heavy atom. The minimum Gasteiger partial charge on any atom is -0.507 e. The SMILES string of the molecule is CCCN(CC1CC1)c1nc(-c2ccccc2O)nc2ccc(F)cc12. The molecule has 0 unspecified atom stereocenters. The predicted octanol–water partition coefficient (Wildman–Crippen LogP) is 4.77. The Kier molecular flexibility index (Phi) is 4.45. The van der Waals surface area contributed by atoms with Crippen LogP contribution in [0.4, 0.5) is 10.2 Å². The predicted molar refractivity (Wildman–Crippen MR) is 102 cm³/mol. The van der Waals surface area contributed by atoms with Crippen molar-refractivity contribution in [1.29, 1.82) is 0 Å². The molecule has 3 aromatic rings. The van der Waals surface area contributed by atoms with Crippen molar-refractivity contribution in [2.45, 2.75) is 26.2 Å². The van der Waals surface area contributed by atoms with Crippen LogP contribution in [-0.2, 0) is 0 Å². The van der Waals surface area contributed by atoms with Gasteiger partial charge in [-0.15, -0.1) is 0 Å². The normalized spacial score (nSPS) is 13.9. The van der Waals surface area contributed by atoms with Crippen LogP contribution < -0.4 is 4.90 Å². The molecule has 2 aromatic carbocycles. The van der Waals surface area contributed by atoms with E-state index in [2.05, 4.69) is 16.8 Å². The fourth-order valence-corrected chi connectivity index (χ4v) is 3.27. The number of rotatable bonds is 6. The monoisotopic (exact) mass is 351 g/mol. The van der Waals surface area contributed by atoms with E-state index >= 15 is 0 Å². The number of hydrogen-bond donors (Lipinski definition) is 1. The second kappa shape index (κ2) is 6.90. The van der Waals surface area contributed by atoms with Crippen molar-refractivity contribution in [2.24, 2.45) is 5.92 Å². The van der Waals surface area contributed by atoms with Crippen molar-refractivity contribution in [3.63, 3.8) is 0 Å². The highest BCUT2D eigenvalue weighted by atomic mass is 19.1. The van der Waals surface area contributed by atoms with Gasteiger partial charge in [0.2, 0.25) is 0 Å². The van der Waals surface area contributed by atoms with E-state index in [9.17, 15) is 9.50 Å². The molecule has 0 saturated heterocycles. The van der Waals surface area contributed by atoms with E-state index in [1.807, 2.05) is 6.07 Å².